The standard InChI is InChI=1S/C20H11Cl2FN2O2S/c21-11-1-7-15(16(22)9-11)17-8-6-14(27-17)10-18-19(26)25-20(28-18)24-13-4-2-12(23)3-5-13/h1-10H,(H,24,25,26)/b18-10-. The summed E-state index contributed by atoms with van der Waals surface area (Å²) >= 11 is 13.3. The molecule has 4 nitrogen and oxygen atoms in total. The third-order valence-electron chi connectivity index (χ3n) is 3.80. The molecule has 1 saturated heterocycles. The van der Waals surface area contributed by atoms with Crippen molar-refractivity contribution in [3.05, 3.63) is 81.1 Å². The minimum absolute atomic E-state index is 0.284. The molecule has 140 valence electrons. The van der Waals surface area contributed by atoms with Gasteiger partial charge >= 0.3 is 0 Å². The second-order valence-electron chi connectivity index (χ2n) is 5.78. The normalized spacial score (nSPS) is 16.8. The van der Waals surface area contributed by atoms with E-state index in [0.717, 1.165) is 0 Å². The van der Waals surface area contributed by atoms with Gasteiger partial charge in [-0.1, -0.05) is 23.2 Å². The van der Waals surface area contributed by atoms with Crippen LogP contribution in [-0.4, -0.2) is 11.1 Å². The van der Waals surface area contributed by atoms with Crippen LogP contribution in [-0.2, 0) is 4.79 Å². The van der Waals surface area contributed by atoms with E-state index in [1.807, 2.05) is 0 Å². The Bertz CT molecular complexity index is 1120. The number of rotatable bonds is 3. The molecule has 1 fully saturated rings. The predicted octanol–water partition coefficient (Wildman–Crippen LogP) is 6.28. The molecule has 0 radical (unpaired) electrons. The van der Waals surface area contributed by atoms with E-state index < -0.39 is 0 Å². The molecule has 4 rings (SSSR count). The SMILES string of the molecule is O=C1NC(=Nc2ccc(F)cc2)S/C1=C\c1ccc(-c2ccc(Cl)cc2Cl)o1. The molecule has 1 aromatic heterocycles. The van der Waals surface area contributed by atoms with Crippen LogP contribution in [0.15, 0.2) is 68.9 Å². The predicted molar refractivity (Wildman–Crippen MR) is 111 cm³/mol. The number of furan rings is 1. The summed E-state index contributed by atoms with van der Waals surface area (Å²) in [5, 5.41) is 4.10. The van der Waals surface area contributed by atoms with E-state index in [-0.39, 0.29) is 11.7 Å². The fourth-order valence-electron chi connectivity index (χ4n) is 2.51. The quantitative estimate of drug-likeness (QED) is 0.495. The first kappa shape index (κ1) is 18.8. The van der Waals surface area contributed by atoms with Gasteiger partial charge in [-0.15, -0.1) is 0 Å². The molecule has 0 aliphatic carbocycles. The highest BCUT2D eigenvalue weighted by Gasteiger charge is 2.24. The molecule has 0 saturated carbocycles. The molecule has 2 heterocycles. The fraction of sp³-hybridized carbons (Fsp3) is 0. The van der Waals surface area contributed by atoms with Crippen LogP contribution in [0, 0.1) is 5.82 Å². The topological polar surface area (TPSA) is 54.6 Å². The highest BCUT2D eigenvalue weighted by molar-refractivity contribution is 8.18. The van der Waals surface area contributed by atoms with E-state index in [2.05, 4.69) is 10.3 Å². The van der Waals surface area contributed by atoms with Crippen LogP contribution in [0.4, 0.5) is 10.1 Å². The Kier molecular flexibility index (Phi) is 5.26. The number of hydrogen-bond acceptors (Lipinski definition) is 4. The Morgan fingerprint density at radius 1 is 1.07 bits per heavy atom. The zero-order chi connectivity index (χ0) is 19.7. The summed E-state index contributed by atoms with van der Waals surface area (Å²) in [5.41, 5.74) is 1.25. The van der Waals surface area contributed by atoms with E-state index in [0.29, 0.717) is 42.9 Å². The van der Waals surface area contributed by atoms with E-state index in [1.165, 1.54) is 36.0 Å². The van der Waals surface area contributed by atoms with Gasteiger partial charge in [0.2, 0.25) is 0 Å². The average molecular weight is 433 g/mol. The second-order valence-corrected chi connectivity index (χ2v) is 7.66. The number of thioether (sulfide) groups is 1. The number of hydrogen-bond donors (Lipinski definition) is 1. The molecule has 2 aromatic carbocycles. The molecule has 1 amide bonds. The minimum Gasteiger partial charge on any atom is -0.457 e. The molecule has 28 heavy (non-hydrogen) atoms. The summed E-state index contributed by atoms with van der Waals surface area (Å²) in [6.07, 6.45) is 1.63. The first-order valence-electron chi connectivity index (χ1n) is 8.08. The van der Waals surface area contributed by atoms with Gasteiger partial charge in [0.05, 0.1) is 15.6 Å². The zero-order valence-corrected chi connectivity index (χ0v) is 16.4. The first-order chi connectivity index (χ1) is 13.5. The third kappa shape index (κ3) is 4.14. The van der Waals surface area contributed by atoms with Crippen LogP contribution in [0.1, 0.15) is 5.76 Å². The Morgan fingerprint density at radius 3 is 2.61 bits per heavy atom. The summed E-state index contributed by atoms with van der Waals surface area (Å²) in [6, 6.07) is 14.3. The maximum Gasteiger partial charge on any atom is 0.264 e. The number of aliphatic imine (C=N–C) groups is 1. The van der Waals surface area contributed by atoms with Crippen molar-refractivity contribution >= 4 is 57.8 Å². The molecule has 0 atom stereocenters. The Morgan fingerprint density at radius 2 is 1.86 bits per heavy atom. The number of nitrogens with one attached hydrogen (secondary N) is 1. The smallest absolute Gasteiger partial charge is 0.264 e. The second kappa shape index (κ2) is 7.83. The fourth-order valence-corrected chi connectivity index (χ4v) is 3.83. The van der Waals surface area contributed by atoms with E-state index in [1.54, 1.807) is 36.4 Å². The highest BCUT2D eigenvalue weighted by atomic mass is 35.5. The summed E-state index contributed by atoms with van der Waals surface area (Å²) in [7, 11) is 0. The van der Waals surface area contributed by atoms with Crippen LogP contribution in [0.5, 0.6) is 0 Å². The number of amidine groups is 1. The lowest BCUT2D eigenvalue weighted by Gasteiger charge is -2.00. The Hall–Kier alpha value is -2.54. The molecule has 1 N–H and O–H groups in total. The monoisotopic (exact) mass is 432 g/mol. The summed E-state index contributed by atoms with van der Waals surface area (Å²) in [4.78, 5) is 16.9. The van der Waals surface area contributed by atoms with E-state index in [4.69, 9.17) is 27.6 Å². The lowest BCUT2D eigenvalue weighted by atomic mass is 10.2. The minimum atomic E-state index is -0.345. The van der Waals surface area contributed by atoms with Crippen molar-refractivity contribution in [2.75, 3.05) is 0 Å². The van der Waals surface area contributed by atoms with Gasteiger partial charge in [-0.05, 0) is 66.4 Å². The van der Waals surface area contributed by atoms with Gasteiger partial charge in [0.25, 0.3) is 5.91 Å². The lowest BCUT2D eigenvalue weighted by Crippen LogP contribution is -2.19. The maximum atomic E-state index is 13.0. The van der Waals surface area contributed by atoms with Crippen molar-refractivity contribution in [2.24, 2.45) is 4.99 Å². The van der Waals surface area contributed by atoms with Crippen LogP contribution < -0.4 is 5.32 Å². The maximum absolute atomic E-state index is 13.0. The molecule has 0 bridgehead atoms. The van der Waals surface area contributed by atoms with Crippen LogP contribution in [0.25, 0.3) is 17.4 Å². The molecule has 8 heteroatoms. The number of carbonyl (C=O) groups is 1. The van der Waals surface area contributed by atoms with Crippen LogP contribution in [0.2, 0.25) is 10.0 Å². The molecule has 1 aliphatic heterocycles. The van der Waals surface area contributed by atoms with Crippen molar-refractivity contribution < 1.29 is 13.6 Å². The summed E-state index contributed by atoms with van der Waals surface area (Å²) < 4.78 is 18.8. The Labute approximate surface area is 174 Å². The zero-order valence-electron chi connectivity index (χ0n) is 14.1. The van der Waals surface area contributed by atoms with Gasteiger partial charge in [-0.25, -0.2) is 9.38 Å². The highest BCUT2D eigenvalue weighted by Crippen LogP contribution is 2.33. The average Bonchev–Trinajstić information content (AvgIpc) is 3.24. The van der Waals surface area contributed by atoms with Gasteiger partial charge in [-0.2, -0.15) is 0 Å². The molecule has 1 aliphatic rings. The molecule has 0 unspecified atom stereocenters. The molecular formula is C20H11Cl2FN2O2S. The van der Waals surface area contributed by atoms with Gasteiger partial charge in [-0.3, -0.25) is 4.79 Å². The number of halogens is 3. The van der Waals surface area contributed by atoms with Gasteiger partial charge in [0, 0.05) is 16.7 Å². The first-order valence-corrected chi connectivity index (χ1v) is 9.65. The largest absolute Gasteiger partial charge is 0.457 e. The van der Waals surface area contributed by atoms with Crippen molar-refractivity contribution in [2.45, 2.75) is 0 Å². The van der Waals surface area contributed by atoms with Crippen molar-refractivity contribution in [3.8, 4) is 11.3 Å². The third-order valence-corrected chi connectivity index (χ3v) is 5.26. The summed E-state index contributed by atoms with van der Waals surface area (Å²) in [6.45, 7) is 0. The van der Waals surface area contributed by atoms with Gasteiger partial charge in [0.15, 0.2) is 5.17 Å². The van der Waals surface area contributed by atoms with E-state index in [9.17, 15) is 9.18 Å². The number of benzene rings is 2. The number of amides is 1. The van der Waals surface area contributed by atoms with Crippen molar-refractivity contribution in [3.63, 3.8) is 0 Å². The van der Waals surface area contributed by atoms with Crippen molar-refractivity contribution in [1.82, 2.24) is 5.32 Å². The van der Waals surface area contributed by atoms with E-state index >= 15 is 0 Å². The summed E-state index contributed by atoms with van der Waals surface area (Å²) in [5.74, 6) is 0.439. The molecule has 0 spiro atoms. The van der Waals surface area contributed by atoms with Gasteiger partial charge in [0.1, 0.15) is 17.3 Å². The van der Waals surface area contributed by atoms with Crippen LogP contribution >= 0.6 is 35.0 Å². The molecular weight excluding hydrogens is 422 g/mol. The number of carbonyl (C=O) groups excluding carboxylic acids is 1. The van der Waals surface area contributed by atoms with Gasteiger partial charge < -0.3 is 9.73 Å². The Balaban J connectivity index is 1.55. The van der Waals surface area contributed by atoms with Crippen molar-refractivity contribution in [1.29, 1.82) is 0 Å². The lowest BCUT2D eigenvalue weighted by molar-refractivity contribution is -0.115. The number of nitrogens with zero attached hydrogens (tertiary/aromatic N) is 1. The molecule has 3 aromatic rings. The van der Waals surface area contributed by atoms with Crippen LogP contribution in [0.3, 0.4) is 0 Å².